The van der Waals surface area contributed by atoms with Gasteiger partial charge in [-0.15, -0.1) is 0 Å². The van der Waals surface area contributed by atoms with Crippen molar-refractivity contribution in [2.45, 2.75) is 31.4 Å². The fraction of sp³-hybridized carbons (Fsp3) is 0.588. The summed E-state index contributed by atoms with van der Waals surface area (Å²) in [7, 11) is 3.77. The standard InChI is InChI=1S/C17H24N2O3/c1-19(2)10-16(21)18-17(13-8-14(20)9-13)12-3-4-15-11(7-12)5-6-22-15/h3-4,7,13-14,17,20H,5-6,8-10H2,1-2H3,(H,18,21). The highest BCUT2D eigenvalue weighted by Crippen LogP contribution is 2.39. The van der Waals surface area contributed by atoms with Gasteiger partial charge in [0.25, 0.3) is 0 Å². The van der Waals surface area contributed by atoms with Gasteiger partial charge >= 0.3 is 0 Å². The first kappa shape index (κ1) is 15.3. The summed E-state index contributed by atoms with van der Waals surface area (Å²) < 4.78 is 5.55. The Hall–Kier alpha value is -1.59. The summed E-state index contributed by atoms with van der Waals surface area (Å²) in [4.78, 5) is 14.0. The van der Waals surface area contributed by atoms with Crippen LogP contribution in [0, 0.1) is 5.92 Å². The molecule has 0 saturated heterocycles. The molecule has 2 aliphatic rings. The molecule has 1 aromatic carbocycles. The Bertz CT molecular complexity index is 553. The molecule has 0 aromatic heterocycles. The highest BCUT2D eigenvalue weighted by atomic mass is 16.5. The number of benzene rings is 1. The third-order valence-corrected chi connectivity index (χ3v) is 4.47. The first-order valence-corrected chi connectivity index (χ1v) is 7.90. The molecule has 1 saturated carbocycles. The van der Waals surface area contributed by atoms with E-state index in [-0.39, 0.29) is 18.1 Å². The zero-order chi connectivity index (χ0) is 15.7. The van der Waals surface area contributed by atoms with Crippen LogP contribution >= 0.6 is 0 Å². The molecule has 0 radical (unpaired) electrons. The Morgan fingerprint density at radius 1 is 1.45 bits per heavy atom. The van der Waals surface area contributed by atoms with Crippen molar-refractivity contribution in [1.29, 1.82) is 0 Å². The Balaban J connectivity index is 1.77. The summed E-state index contributed by atoms with van der Waals surface area (Å²) in [6, 6.07) is 6.16. The number of aliphatic hydroxyl groups excluding tert-OH is 1. The lowest BCUT2D eigenvalue weighted by Gasteiger charge is -2.38. The van der Waals surface area contributed by atoms with Crippen molar-refractivity contribution in [2.24, 2.45) is 5.92 Å². The number of hydrogen-bond donors (Lipinski definition) is 2. The molecule has 3 rings (SSSR count). The van der Waals surface area contributed by atoms with E-state index in [1.807, 2.05) is 31.1 Å². The molecule has 1 atom stereocenters. The van der Waals surface area contributed by atoms with E-state index in [0.717, 1.165) is 37.2 Å². The fourth-order valence-corrected chi connectivity index (χ4v) is 3.28. The molecule has 0 bridgehead atoms. The molecule has 2 N–H and O–H groups in total. The quantitative estimate of drug-likeness (QED) is 0.855. The van der Waals surface area contributed by atoms with Crippen LogP contribution in [0.3, 0.4) is 0 Å². The Morgan fingerprint density at radius 2 is 2.23 bits per heavy atom. The Morgan fingerprint density at radius 3 is 2.91 bits per heavy atom. The number of likely N-dealkylation sites (N-methyl/N-ethyl adjacent to an activating group) is 1. The van der Waals surface area contributed by atoms with Crippen LogP contribution in [0.4, 0.5) is 0 Å². The number of carbonyl (C=O) groups is 1. The number of nitrogens with one attached hydrogen (secondary N) is 1. The van der Waals surface area contributed by atoms with Gasteiger partial charge in [0.1, 0.15) is 5.75 Å². The van der Waals surface area contributed by atoms with Gasteiger partial charge in [0.15, 0.2) is 0 Å². The van der Waals surface area contributed by atoms with Gasteiger partial charge in [-0.25, -0.2) is 0 Å². The van der Waals surface area contributed by atoms with E-state index >= 15 is 0 Å². The third kappa shape index (κ3) is 3.25. The number of carbonyl (C=O) groups excluding carboxylic acids is 1. The maximum atomic E-state index is 12.2. The van der Waals surface area contributed by atoms with Crippen LogP contribution in [0.1, 0.15) is 30.0 Å². The molecule has 1 fully saturated rings. The second kappa shape index (κ2) is 6.26. The van der Waals surface area contributed by atoms with Crippen LogP contribution in [0.5, 0.6) is 5.75 Å². The van der Waals surface area contributed by atoms with E-state index in [1.165, 1.54) is 5.56 Å². The average molecular weight is 304 g/mol. The Kier molecular flexibility index (Phi) is 4.36. The SMILES string of the molecule is CN(C)CC(=O)NC(c1ccc2c(c1)CCO2)C1CC(O)C1. The van der Waals surface area contributed by atoms with Crippen molar-refractivity contribution in [3.05, 3.63) is 29.3 Å². The van der Waals surface area contributed by atoms with Gasteiger partial charge in [-0.1, -0.05) is 6.07 Å². The predicted molar refractivity (Wildman–Crippen MR) is 83.8 cm³/mol. The number of fused-ring (bicyclic) bond motifs is 1. The van der Waals surface area contributed by atoms with Crippen LogP contribution < -0.4 is 10.1 Å². The molecule has 5 heteroatoms. The van der Waals surface area contributed by atoms with E-state index in [1.54, 1.807) is 0 Å². The van der Waals surface area contributed by atoms with Gasteiger partial charge in [0, 0.05) is 6.42 Å². The zero-order valence-electron chi connectivity index (χ0n) is 13.2. The van der Waals surface area contributed by atoms with Crippen molar-refractivity contribution < 1.29 is 14.6 Å². The number of aliphatic hydroxyl groups is 1. The van der Waals surface area contributed by atoms with Crippen molar-refractivity contribution in [1.82, 2.24) is 10.2 Å². The van der Waals surface area contributed by atoms with Gasteiger partial charge < -0.3 is 20.1 Å². The minimum atomic E-state index is -0.226. The summed E-state index contributed by atoms with van der Waals surface area (Å²) in [5, 5.41) is 12.8. The molecule has 1 unspecified atom stereocenters. The molecular formula is C17H24N2O3. The van der Waals surface area contributed by atoms with Gasteiger partial charge in [-0.3, -0.25) is 4.79 Å². The van der Waals surface area contributed by atoms with Crippen LogP contribution in [-0.2, 0) is 11.2 Å². The molecule has 1 heterocycles. The van der Waals surface area contributed by atoms with E-state index in [4.69, 9.17) is 4.74 Å². The molecule has 22 heavy (non-hydrogen) atoms. The lowest BCUT2D eigenvalue weighted by molar-refractivity contribution is -0.123. The monoisotopic (exact) mass is 304 g/mol. The van der Waals surface area contributed by atoms with E-state index in [2.05, 4.69) is 11.4 Å². The fourth-order valence-electron chi connectivity index (χ4n) is 3.28. The van der Waals surface area contributed by atoms with Gasteiger partial charge in [0.05, 0.1) is 25.3 Å². The number of amides is 1. The van der Waals surface area contributed by atoms with Crippen molar-refractivity contribution in [3.8, 4) is 5.75 Å². The van der Waals surface area contributed by atoms with E-state index in [9.17, 15) is 9.90 Å². The second-order valence-electron chi connectivity index (χ2n) is 6.63. The molecular weight excluding hydrogens is 280 g/mol. The number of rotatable bonds is 5. The predicted octanol–water partition coefficient (Wildman–Crippen LogP) is 1.11. The summed E-state index contributed by atoms with van der Waals surface area (Å²) in [5.74, 6) is 1.28. The number of hydrogen-bond acceptors (Lipinski definition) is 4. The lowest BCUT2D eigenvalue weighted by Crippen LogP contribution is -2.43. The second-order valence-corrected chi connectivity index (χ2v) is 6.63. The molecule has 1 aliphatic heterocycles. The molecule has 5 nitrogen and oxygen atoms in total. The topological polar surface area (TPSA) is 61.8 Å². The van der Waals surface area contributed by atoms with Gasteiger partial charge in [-0.05, 0) is 56.1 Å². The van der Waals surface area contributed by atoms with Crippen molar-refractivity contribution in [2.75, 3.05) is 27.2 Å². The van der Waals surface area contributed by atoms with Gasteiger partial charge in [0.2, 0.25) is 5.91 Å². The smallest absolute Gasteiger partial charge is 0.234 e. The maximum Gasteiger partial charge on any atom is 0.234 e. The largest absolute Gasteiger partial charge is 0.493 e. The summed E-state index contributed by atoms with van der Waals surface area (Å²) >= 11 is 0. The molecule has 120 valence electrons. The third-order valence-electron chi connectivity index (χ3n) is 4.47. The lowest BCUT2D eigenvalue weighted by atomic mass is 9.75. The summed E-state index contributed by atoms with van der Waals surface area (Å²) in [6.45, 7) is 1.11. The first-order valence-electron chi connectivity index (χ1n) is 7.90. The van der Waals surface area contributed by atoms with E-state index < -0.39 is 0 Å². The first-order chi connectivity index (χ1) is 10.5. The van der Waals surface area contributed by atoms with Crippen LogP contribution in [-0.4, -0.2) is 49.3 Å². The zero-order valence-corrected chi connectivity index (χ0v) is 13.2. The highest BCUT2D eigenvalue weighted by molar-refractivity contribution is 5.78. The van der Waals surface area contributed by atoms with Crippen molar-refractivity contribution in [3.63, 3.8) is 0 Å². The van der Waals surface area contributed by atoms with Crippen LogP contribution in [0.15, 0.2) is 18.2 Å². The van der Waals surface area contributed by atoms with E-state index in [0.29, 0.717) is 12.5 Å². The molecule has 0 spiro atoms. The Labute approximate surface area is 131 Å². The minimum absolute atomic E-state index is 0.0214. The number of ether oxygens (including phenoxy) is 1. The number of nitrogens with zero attached hydrogens (tertiary/aromatic N) is 1. The molecule has 1 aromatic rings. The van der Waals surface area contributed by atoms with Crippen molar-refractivity contribution >= 4 is 5.91 Å². The van der Waals surface area contributed by atoms with Crippen LogP contribution in [0.25, 0.3) is 0 Å². The summed E-state index contributed by atoms with van der Waals surface area (Å²) in [6.07, 6.45) is 2.20. The molecule has 1 amide bonds. The average Bonchev–Trinajstić information content (AvgIpc) is 2.88. The minimum Gasteiger partial charge on any atom is -0.493 e. The van der Waals surface area contributed by atoms with Crippen LogP contribution in [0.2, 0.25) is 0 Å². The molecule has 1 aliphatic carbocycles. The maximum absolute atomic E-state index is 12.2. The normalized spacial score (nSPS) is 24.4. The van der Waals surface area contributed by atoms with Gasteiger partial charge in [-0.2, -0.15) is 0 Å². The highest BCUT2D eigenvalue weighted by Gasteiger charge is 2.36. The summed E-state index contributed by atoms with van der Waals surface area (Å²) in [5.41, 5.74) is 2.33.